The van der Waals surface area contributed by atoms with Crippen molar-refractivity contribution in [3.63, 3.8) is 0 Å². The highest BCUT2D eigenvalue weighted by atomic mass is 16.1. The van der Waals surface area contributed by atoms with Crippen LogP contribution in [0.1, 0.15) is 5.56 Å². The van der Waals surface area contributed by atoms with Crippen molar-refractivity contribution in [2.75, 3.05) is 18.4 Å². The Hall–Kier alpha value is -1.55. The molecule has 0 spiro atoms. The van der Waals surface area contributed by atoms with E-state index in [1.807, 2.05) is 31.2 Å². The van der Waals surface area contributed by atoms with Crippen LogP contribution in [0.4, 0.5) is 5.69 Å². The van der Waals surface area contributed by atoms with Gasteiger partial charge < -0.3 is 16.4 Å². The first-order valence-electron chi connectivity index (χ1n) is 4.98. The van der Waals surface area contributed by atoms with Crippen molar-refractivity contribution >= 4 is 11.6 Å². The lowest BCUT2D eigenvalue weighted by molar-refractivity contribution is -0.123. The zero-order valence-electron chi connectivity index (χ0n) is 8.71. The van der Waals surface area contributed by atoms with E-state index in [0.717, 1.165) is 11.3 Å². The summed E-state index contributed by atoms with van der Waals surface area (Å²) >= 11 is 0. The van der Waals surface area contributed by atoms with Gasteiger partial charge in [-0.2, -0.15) is 0 Å². The van der Waals surface area contributed by atoms with E-state index in [4.69, 9.17) is 5.73 Å². The minimum atomic E-state index is -0.603. The number of primary amides is 1. The van der Waals surface area contributed by atoms with Crippen molar-refractivity contribution < 1.29 is 4.79 Å². The zero-order valence-corrected chi connectivity index (χ0v) is 8.71. The third kappa shape index (κ3) is 1.80. The number of hydrogen-bond acceptors (Lipinski definition) is 3. The fourth-order valence-electron chi connectivity index (χ4n) is 1.70. The van der Waals surface area contributed by atoms with Crippen molar-refractivity contribution in [1.82, 2.24) is 5.32 Å². The molecule has 0 aromatic heterocycles. The van der Waals surface area contributed by atoms with Crippen molar-refractivity contribution in [1.29, 1.82) is 0 Å². The number of aryl methyl sites for hydroxylation is 1. The van der Waals surface area contributed by atoms with Crippen LogP contribution in [0.15, 0.2) is 24.3 Å². The number of nitrogens with one attached hydrogen (secondary N) is 2. The lowest BCUT2D eigenvalue weighted by Gasteiger charge is -2.41. The summed E-state index contributed by atoms with van der Waals surface area (Å²) in [6.07, 6.45) is 0. The normalized spacial score (nSPS) is 17.9. The second-order valence-corrected chi connectivity index (χ2v) is 4.04. The van der Waals surface area contributed by atoms with Gasteiger partial charge in [0.2, 0.25) is 5.91 Å². The molecule has 0 radical (unpaired) electrons. The highest BCUT2D eigenvalue weighted by Gasteiger charge is 2.42. The Morgan fingerprint density at radius 2 is 2.27 bits per heavy atom. The van der Waals surface area contributed by atoms with Gasteiger partial charge in [0.05, 0.1) is 0 Å². The van der Waals surface area contributed by atoms with Gasteiger partial charge in [0.25, 0.3) is 0 Å². The van der Waals surface area contributed by atoms with Gasteiger partial charge in [0, 0.05) is 18.8 Å². The smallest absolute Gasteiger partial charge is 0.245 e. The largest absolute Gasteiger partial charge is 0.369 e. The van der Waals surface area contributed by atoms with Gasteiger partial charge in [-0.25, -0.2) is 0 Å². The maximum atomic E-state index is 11.3. The van der Waals surface area contributed by atoms with E-state index in [9.17, 15) is 4.79 Å². The van der Waals surface area contributed by atoms with Gasteiger partial charge in [0.15, 0.2) is 0 Å². The van der Waals surface area contributed by atoms with E-state index in [1.165, 1.54) is 0 Å². The number of anilines is 1. The second kappa shape index (κ2) is 3.55. The average Bonchev–Trinajstić information content (AvgIpc) is 2.11. The molecule has 80 valence electrons. The number of amides is 1. The van der Waals surface area contributed by atoms with Gasteiger partial charge in [0.1, 0.15) is 5.54 Å². The van der Waals surface area contributed by atoms with Crippen LogP contribution >= 0.6 is 0 Å². The first kappa shape index (κ1) is 9.98. The van der Waals surface area contributed by atoms with Crippen LogP contribution in [0, 0.1) is 6.92 Å². The predicted molar refractivity (Wildman–Crippen MR) is 59.6 cm³/mol. The van der Waals surface area contributed by atoms with Crippen LogP contribution in [0.5, 0.6) is 0 Å². The van der Waals surface area contributed by atoms with Crippen molar-refractivity contribution in [2.45, 2.75) is 12.5 Å². The van der Waals surface area contributed by atoms with E-state index >= 15 is 0 Å². The molecule has 1 aromatic carbocycles. The molecule has 1 saturated heterocycles. The lowest BCUT2D eigenvalue weighted by Crippen LogP contribution is -2.70. The Bertz CT molecular complexity index is 385. The summed E-state index contributed by atoms with van der Waals surface area (Å²) < 4.78 is 0. The quantitative estimate of drug-likeness (QED) is 0.662. The van der Waals surface area contributed by atoms with Gasteiger partial charge in [-0.05, 0) is 24.6 Å². The van der Waals surface area contributed by atoms with Crippen LogP contribution in [0.3, 0.4) is 0 Å². The molecular weight excluding hydrogens is 190 g/mol. The van der Waals surface area contributed by atoms with Crippen LogP contribution in [-0.4, -0.2) is 24.5 Å². The Morgan fingerprint density at radius 1 is 1.53 bits per heavy atom. The summed E-state index contributed by atoms with van der Waals surface area (Å²) in [6, 6.07) is 7.92. The molecule has 2 rings (SSSR count). The van der Waals surface area contributed by atoms with Crippen molar-refractivity contribution in [3.8, 4) is 0 Å². The number of carbonyl (C=O) groups is 1. The van der Waals surface area contributed by atoms with E-state index < -0.39 is 5.54 Å². The van der Waals surface area contributed by atoms with Gasteiger partial charge in [-0.1, -0.05) is 12.1 Å². The Morgan fingerprint density at radius 3 is 2.73 bits per heavy atom. The topological polar surface area (TPSA) is 67.1 Å². The molecule has 0 atom stereocenters. The number of carbonyl (C=O) groups excluding carboxylic acids is 1. The predicted octanol–water partition coefficient (Wildman–Crippen LogP) is 0.234. The summed E-state index contributed by atoms with van der Waals surface area (Å²) in [5.41, 5.74) is 6.87. The standard InChI is InChI=1S/C11H15N3O/c1-8-3-2-4-9(5-8)14-11(10(12)15)6-13-7-11/h2-5,13-14H,6-7H2,1H3,(H2,12,15). The fourth-order valence-corrected chi connectivity index (χ4v) is 1.70. The molecule has 1 amide bonds. The number of nitrogens with two attached hydrogens (primary N) is 1. The molecule has 0 saturated carbocycles. The SMILES string of the molecule is Cc1cccc(NC2(C(N)=O)CNC2)c1. The molecular formula is C11H15N3O. The maximum absolute atomic E-state index is 11.3. The molecule has 1 aliphatic heterocycles. The first-order valence-corrected chi connectivity index (χ1v) is 4.98. The van der Waals surface area contributed by atoms with Crippen LogP contribution < -0.4 is 16.4 Å². The first-order chi connectivity index (χ1) is 7.12. The molecule has 4 heteroatoms. The molecule has 0 unspecified atom stereocenters. The third-order valence-electron chi connectivity index (χ3n) is 2.73. The summed E-state index contributed by atoms with van der Waals surface area (Å²) in [6.45, 7) is 3.20. The summed E-state index contributed by atoms with van der Waals surface area (Å²) in [4.78, 5) is 11.3. The maximum Gasteiger partial charge on any atom is 0.245 e. The molecule has 4 nitrogen and oxygen atoms in total. The van der Waals surface area contributed by atoms with E-state index in [-0.39, 0.29) is 5.91 Å². The Labute approximate surface area is 88.9 Å². The summed E-state index contributed by atoms with van der Waals surface area (Å²) in [5.74, 6) is -0.303. The minimum Gasteiger partial charge on any atom is -0.369 e. The van der Waals surface area contributed by atoms with Crippen molar-refractivity contribution in [3.05, 3.63) is 29.8 Å². The average molecular weight is 205 g/mol. The van der Waals surface area contributed by atoms with Crippen LogP contribution in [-0.2, 0) is 4.79 Å². The molecule has 0 aliphatic carbocycles. The molecule has 1 heterocycles. The highest BCUT2D eigenvalue weighted by Crippen LogP contribution is 2.19. The zero-order chi connectivity index (χ0) is 10.9. The van der Waals surface area contributed by atoms with Crippen LogP contribution in [0.2, 0.25) is 0 Å². The van der Waals surface area contributed by atoms with Crippen LogP contribution in [0.25, 0.3) is 0 Å². The van der Waals surface area contributed by atoms with Gasteiger partial charge in [-0.15, -0.1) is 0 Å². The second-order valence-electron chi connectivity index (χ2n) is 4.04. The number of benzene rings is 1. The third-order valence-corrected chi connectivity index (χ3v) is 2.73. The molecule has 1 aromatic rings. The number of hydrogen-bond donors (Lipinski definition) is 3. The van der Waals surface area contributed by atoms with Gasteiger partial charge in [-0.3, -0.25) is 4.79 Å². The van der Waals surface area contributed by atoms with Gasteiger partial charge >= 0.3 is 0 Å². The fraction of sp³-hybridized carbons (Fsp3) is 0.364. The molecule has 15 heavy (non-hydrogen) atoms. The molecule has 1 aliphatic rings. The van der Waals surface area contributed by atoms with E-state index in [2.05, 4.69) is 10.6 Å². The molecule has 0 bridgehead atoms. The molecule has 4 N–H and O–H groups in total. The lowest BCUT2D eigenvalue weighted by atomic mass is 9.91. The highest BCUT2D eigenvalue weighted by molar-refractivity contribution is 5.90. The Kier molecular flexibility index (Phi) is 2.36. The number of rotatable bonds is 3. The minimum absolute atomic E-state index is 0.303. The van der Waals surface area contributed by atoms with Crippen molar-refractivity contribution in [2.24, 2.45) is 5.73 Å². The summed E-state index contributed by atoms with van der Waals surface area (Å²) in [7, 11) is 0. The Balaban J connectivity index is 2.17. The summed E-state index contributed by atoms with van der Waals surface area (Å²) in [5, 5.41) is 6.25. The monoisotopic (exact) mass is 205 g/mol. The van der Waals surface area contributed by atoms with E-state index in [1.54, 1.807) is 0 Å². The molecule has 1 fully saturated rings. The van der Waals surface area contributed by atoms with E-state index in [0.29, 0.717) is 13.1 Å².